The normalized spacial score (nSPS) is 11.0. The summed E-state index contributed by atoms with van der Waals surface area (Å²) in [7, 11) is 0. The second kappa shape index (κ2) is 7.02. The third-order valence-corrected chi connectivity index (χ3v) is 4.98. The Morgan fingerprint density at radius 2 is 1.96 bits per heavy atom. The lowest BCUT2D eigenvalue weighted by atomic mass is 10.2. The molecule has 0 fully saturated rings. The smallest absolute Gasteiger partial charge is 0.276 e. The minimum absolute atomic E-state index is 0.543. The molecule has 0 amide bonds. The van der Waals surface area contributed by atoms with Gasteiger partial charge in [-0.2, -0.15) is 0 Å². The van der Waals surface area contributed by atoms with E-state index in [0.717, 1.165) is 16.1 Å². The highest BCUT2D eigenvalue weighted by molar-refractivity contribution is 7.98. The highest BCUT2D eigenvalue weighted by atomic mass is 32.2. The average Bonchev–Trinajstić information content (AvgIpc) is 3.35. The molecule has 0 N–H and O–H groups in total. The van der Waals surface area contributed by atoms with Crippen LogP contribution in [0.25, 0.3) is 10.8 Å². The van der Waals surface area contributed by atoms with E-state index < -0.39 is 0 Å². The first-order chi connectivity index (χ1) is 11.9. The molecule has 0 aliphatic heterocycles. The van der Waals surface area contributed by atoms with E-state index in [0.29, 0.717) is 29.2 Å². The van der Waals surface area contributed by atoms with Crippen molar-refractivity contribution in [3.05, 3.63) is 71.3 Å². The maximum atomic E-state index is 5.67. The Morgan fingerprint density at radius 1 is 1.04 bits per heavy atom. The van der Waals surface area contributed by atoms with Crippen molar-refractivity contribution in [2.75, 3.05) is 0 Å². The predicted octanol–water partition coefficient (Wildman–Crippen LogP) is 4.67. The van der Waals surface area contributed by atoms with Crippen LogP contribution in [0.5, 0.6) is 0 Å². The standard InChI is InChI=1S/C17H13N3O2S2/c1-2-5-12(6-3-1)9-15-19-20-17(22-15)24-11-13-10-21-16(18-13)14-7-4-8-23-14/h1-8,10H,9,11H2. The summed E-state index contributed by atoms with van der Waals surface area (Å²) >= 11 is 3.06. The van der Waals surface area contributed by atoms with Crippen LogP contribution in [0.1, 0.15) is 17.1 Å². The SMILES string of the molecule is c1ccc(Cc2nnc(SCc3coc(-c4cccs4)n3)o2)cc1. The van der Waals surface area contributed by atoms with E-state index in [1.165, 1.54) is 11.8 Å². The first-order valence-electron chi connectivity index (χ1n) is 7.34. The Hall–Kier alpha value is -2.38. The fraction of sp³-hybridized carbons (Fsp3) is 0.118. The number of hydrogen-bond acceptors (Lipinski definition) is 7. The molecule has 4 rings (SSSR count). The molecule has 0 saturated carbocycles. The van der Waals surface area contributed by atoms with Crippen molar-refractivity contribution in [1.29, 1.82) is 0 Å². The summed E-state index contributed by atoms with van der Waals surface area (Å²) in [4.78, 5) is 5.50. The molecule has 0 aliphatic carbocycles. The first kappa shape index (κ1) is 15.2. The molecule has 1 aromatic carbocycles. The third kappa shape index (κ3) is 3.58. The molecule has 24 heavy (non-hydrogen) atoms. The van der Waals surface area contributed by atoms with Crippen LogP contribution in [-0.4, -0.2) is 15.2 Å². The second-order valence-electron chi connectivity index (χ2n) is 5.03. The van der Waals surface area contributed by atoms with Crippen molar-refractivity contribution in [2.45, 2.75) is 17.4 Å². The maximum Gasteiger partial charge on any atom is 0.276 e. The van der Waals surface area contributed by atoms with E-state index in [9.17, 15) is 0 Å². The molecule has 3 aromatic heterocycles. The molecule has 0 radical (unpaired) electrons. The van der Waals surface area contributed by atoms with Crippen LogP contribution in [0.4, 0.5) is 0 Å². The molecule has 0 bridgehead atoms. The zero-order valence-corrected chi connectivity index (χ0v) is 14.2. The highest BCUT2D eigenvalue weighted by Gasteiger charge is 2.11. The van der Waals surface area contributed by atoms with Crippen LogP contribution < -0.4 is 0 Å². The van der Waals surface area contributed by atoms with Gasteiger partial charge in [0.1, 0.15) is 6.26 Å². The molecule has 120 valence electrons. The fourth-order valence-electron chi connectivity index (χ4n) is 2.16. The third-order valence-electron chi connectivity index (χ3n) is 3.27. The topological polar surface area (TPSA) is 65.0 Å². The molecule has 0 spiro atoms. The van der Waals surface area contributed by atoms with E-state index in [4.69, 9.17) is 8.83 Å². The number of aromatic nitrogens is 3. The van der Waals surface area contributed by atoms with Crippen LogP contribution in [0, 0.1) is 0 Å². The van der Waals surface area contributed by atoms with Gasteiger partial charge in [0, 0.05) is 5.75 Å². The van der Waals surface area contributed by atoms with Gasteiger partial charge in [0.15, 0.2) is 0 Å². The molecule has 5 nitrogen and oxygen atoms in total. The summed E-state index contributed by atoms with van der Waals surface area (Å²) in [5.74, 6) is 1.89. The summed E-state index contributed by atoms with van der Waals surface area (Å²) < 4.78 is 11.2. The van der Waals surface area contributed by atoms with Crippen molar-refractivity contribution in [3.8, 4) is 10.8 Å². The van der Waals surface area contributed by atoms with E-state index in [1.807, 2.05) is 47.8 Å². The lowest BCUT2D eigenvalue weighted by Crippen LogP contribution is -1.87. The van der Waals surface area contributed by atoms with Gasteiger partial charge >= 0.3 is 0 Å². The van der Waals surface area contributed by atoms with Crippen LogP contribution in [0.3, 0.4) is 0 Å². The van der Waals surface area contributed by atoms with Crippen LogP contribution in [-0.2, 0) is 12.2 Å². The lowest BCUT2D eigenvalue weighted by molar-refractivity contribution is 0.420. The Bertz CT molecular complexity index is 901. The Kier molecular flexibility index (Phi) is 4.44. The predicted molar refractivity (Wildman–Crippen MR) is 92.9 cm³/mol. The van der Waals surface area contributed by atoms with Gasteiger partial charge in [-0.1, -0.05) is 48.2 Å². The maximum absolute atomic E-state index is 5.67. The van der Waals surface area contributed by atoms with Crippen molar-refractivity contribution in [3.63, 3.8) is 0 Å². The summed E-state index contributed by atoms with van der Waals surface area (Å²) in [5, 5.41) is 10.7. The van der Waals surface area contributed by atoms with E-state index >= 15 is 0 Å². The van der Waals surface area contributed by atoms with E-state index in [-0.39, 0.29) is 0 Å². The number of benzene rings is 1. The zero-order chi connectivity index (χ0) is 16.2. The number of thiophene rings is 1. The van der Waals surface area contributed by atoms with Gasteiger partial charge in [-0.15, -0.1) is 21.5 Å². The Balaban J connectivity index is 1.36. The van der Waals surface area contributed by atoms with Gasteiger partial charge in [0.2, 0.25) is 11.8 Å². The molecule has 0 unspecified atom stereocenters. The minimum Gasteiger partial charge on any atom is -0.444 e. The van der Waals surface area contributed by atoms with Gasteiger partial charge in [-0.05, 0) is 17.0 Å². The number of oxazole rings is 1. The van der Waals surface area contributed by atoms with Gasteiger partial charge < -0.3 is 8.83 Å². The quantitative estimate of drug-likeness (QED) is 0.468. The largest absolute Gasteiger partial charge is 0.444 e. The molecular formula is C17H13N3O2S2. The van der Waals surface area contributed by atoms with Crippen molar-refractivity contribution in [2.24, 2.45) is 0 Å². The van der Waals surface area contributed by atoms with Gasteiger partial charge in [-0.3, -0.25) is 0 Å². The number of hydrogen-bond donors (Lipinski definition) is 0. The molecule has 0 aliphatic rings. The van der Waals surface area contributed by atoms with Crippen molar-refractivity contribution < 1.29 is 8.83 Å². The number of rotatable bonds is 6. The van der Waals surface area contributed by atoms with Gasteiger partial charge in [0.25, 0.3) is 5.22 Å². The van der Waals surface area contributed by atoms with Crippen LogP contribution in [0.15, 0.2) is 68.2 Å². The van der Waals surface area contributed by atoms with Crippen LogP contribution in [0.2, 0.25) is 0 Å². The first-order valence-corrected chi connectivity index (χ1v) is 9.21. The molecule has 4 aromatic rings. The summed E-state index contributed by atoms with van der Waals surface area (Å²) in [5.41, 5.74) is 2.00. The van der Waals surface area contributed by atoms with Crippen molar-refractivity contribution in [1.82, 2.24) is 15.2 Å². The van der Waals surface area contributed by atoms with Crippen molar-refractivity contribution >= 4 is 23.1 Å². The Labute approximate surface area is 146 Å². The molecule has 0 saturated heterocycles. The molecule has 3 heterocycles. The zero-order valence-electron chi connectivity index (χ0n) is 12.6. The molecule has 7 heteroatoms. The van der Waals surface area contributed by atoms with Gasteiger partial charge in [0.05, 0.1) is 17.0 Å². The second-order valence-corrected chi connectivity index (χ2v) is 6.91. The summed E-state index contributed by atoms with van der Waals surface area (Å²) in [6.07, 6.45) is 2.31. The minimum atomic E-state index is 0.543. The molecular weight excluding hydrogens is 342 g/mol. The summed E-state index contributed by atoms with van der Waals surface area (Å²) in [6, 6.07) is 14.0. The molecule has 0 atom stereocenters. The number of thioether (sulfide) groups is 1. The van der Waals surface area contributed by atoms with Crippen LogP contribution >= 0.6 is 23.1 Å². The van der Waals surface area contributed by atoms with E-state index in [2.05, 4.69) is 15.2 Å². The highest BCUT2D eigenvalue weighted by Crippen LogP contribution is 2.26. The Morgan fingerprint density at radius 3 is 2.79 bits per heavy atom. The average molecular weight is 355 g/mol. The summed E-state index contributed by atoms with van der Waals surface area (Å²) in [6.45, 7) is 0. The monoisotopic (exact) mass is 355 g/mol. The fourth-order valence-corrected chi connectivity index (χ4v) is 3.47. The van der Waals surface area contributed by atoms with Gasteiger partial charge in [-0.25, -0.2) is 4.98 Å². The lowest BCUT2D eigenvalue weighted by Gasteiger charge is -1.95. The van der Waals surface area contributed by atoms with E-state index in [1.54, 1.807) is 17.6 Å². The number of nitrogens with zero attached hydrogens (tertiary/aromatic N) is 3.